The van der Waals surface area contributed by atoms with Gasteiger partial charge in [0, 0.05) is 5.56 Å². The zero-order valence-corrected chi connectivity index (χ0v) is 15.0. The van der Waals surface area contributed by atoms with Gasteiger partial charge in [-0.15, -0.1) is 0 Å². The van der Waals surface area contributed by atoms with Crippen LogP contribution in [0.5, 0.6) is 0 Å². The van der Waals surface area contributed by atoms with Crippen molar-refractivity contribution < 1.29 is 23.3 Å². The number of nitrogens with zero attached hydrogens (tertiary/aromatic N) is 3. The third-order valence-corrected chi connectivity index (χ3v) is 4.25. The number of halogens is 3. The van der Waals surface area contributed by atoms with Crippen molar-refractivity contribution >= 4 is 11.6 Å². The summed E-state index contributed by atoms with van der Waals surface area (Å²) >= 11 is 0. The number of hydrogen-bond acceptors (Lipinski definition) is 3. The Morgan fingerprint density at radius 3 is 2.61 bits per heavy atom. The maximum atomic E-state index is 13.1. The van der Waals surface area contributed by atoms with Crippen LogP contribution in [0.2, 0.25) is 0 Å². The minimum absolute atomic E-state index is 0.0195. The lowest BCUT2D eigenvalue weighted by Crippen LogP contribution is -2.86. The summed E-state index contributed by atoms with van der Waals surface area (Å²) in [6.07, 6.45) is -1.91. The summed E-state index contributed by atoms with van der Waals surface area (Å²) in [4.78, 5) is 16.2. The molecule has 1 amide bonds. The molecule has 1 aromatic heterocycles. The Kier molecular flexibility index (Phi) is 5.74. The van der Waals surface area contributed by atoms with Crippen molar-refractivity contribution in [3.63, 3.8) is 0 Å². The quantitative estimate of drug-likeness (QED) is 0.679. The van der Waals surface area contributed by atoms with Crippen molar-refractivity contribution in [2.45, 2.75) is 19.1 Å². The third-order valence-electron chi connectivity index (χ3n) is 4.25. The summed E-state index contributed by atoms with van der Waals surface area (Å²) < 4.78 is 40.5. The molecule has 0 aliphatic heterocycles. The van der Waals surface area contributed by atoms with E-state index in [-0.39, 0.29) is 18.3 Å². The van der Waals surface area contributed by atoms with E-state index in [0.29, 0.717) is 5.69 Å². The zero-order valence-electron chi connectivity index (χ0n) is 15.0. The van der Waals surface area contributed by atoms with Gasteiger partial charge < -0.3 is 10.6 Å². The molecule has 0 bridgehead atoms. The van der Waals surface area contributed by atoms with E-state index in [0.717, 1.165) is 17.7 Å². The van der Waals surface area contributed by atoms with Crippen LogP contribution in [-0.4, -0.2) is 27.2 Å². The highest BCUT2D eigenvalue weighted by atomic mass is 19.4. The Hall–Kier alpha value is -3.20. The van der Waals surface area contributed by atoms with E-state index in [1.807, 2.05) is 42.6 Å². The first-order chi connectivity index (χ1) is 13.3. The van der Waals surface area contributed by atoms with E-state index in [2.05, 4.69) is 15.4 Å². The minimum atomic E-state index is -4.52. The van der Waals surface area contributed by atoms with Crippen molar-refractivity contribution in [3.05, 3.63) is 72.3 Å². The highest BCUT2D eigenvalue weighted by molar-refractivity contribution is 5.93. The van der Waals surface area contributed by atoms with E-state index in [9.17, 15) is 18.0 Å². The standard InChI is InChI=1S/C19H18F3N5O/c1-13(14-5-3-2-4-6-14)24-10-18(28)26-16-9-15(19(20,21)22)7-8-17(16)27-12-23-11-25-27/h2-9,11-13,24H,10H2,1H3,(H,26,28)/p+1/t13-/m1/s1. The fourth-order valence-corrected chi connectivity index (χ4v) is 2.72. The zero-order chi connectivity index (χ0) is 20.1. The van der Waals surface area contributed by atoms with Crippen molar-refractivity contribution in [2.75, 3.05) is 11.9 Å². The smallest absolute Gasteiger partial charge is 0.333 e. The second-order valence-corrected chi connectivity index (χ2v) is 6.26. The highest BCUT2D eigenvalue weighted by Crippen LogP contribution is 2.33. The van der Waals surface area contributed by atoms with Crippen LogP contribution >= 0.6 is 0 Å². The molecule has 0 aliphatic rings. The molecule has 3 N–H and O–H groups in total. The van der Waals surface area contributed by atoms with Gasteiger partial charge in [0.1, 0.15) is 18.7 Å². The number of aromatic nitrogens is 3. The summed E-state index contributed by atoms with van der Waals surface area (Å²) in [5.41, 5.74) is 0.520. The number of quaternary nitrogens is 1. The number of anilines is 1. The molecule has 1 atom stereocenters. The molecule has 3 aromatic rings. The number of hydrogen-bond donors (Lipinski definition) is 2. The van der Waals surface area contributed by atoms with Crippen LogP contribution in [0.1, 0.15) is 24.1 Å². The molecule has 28 heavy (non-hydrogen) atoms. The van der Waals surface area contributed by atoms with E-state index in [1.165, 1.54) is 23.4 Å². The maximum Gasteiger partial charge on any atom is 0.416 e. The van der Waals surface area contributed by atoms with E-state index < -0.39 is 17.6 Å². The first kappa shape index (κ1) is 19.6. The Labute approximate surface area is 159 Å². The normalized spacial score (nSPS) is 12.6. The predicted octanol–water partition coefficient (Wildman–Crippen LogP) is 2.55. The van der Waals surface area contributed by atoms with Crippen LogP contribution in [0.4, 0.5) is 18.9 Å². The minimum Gasteiger partial charge on any atom is -0.333 e. The van der Waals surface area contributed by atoms with Gasteiger partial charge >= 0.3 is 6.18 Å². The largest absolute Gasteiger partial charge is 0.416 e. The molecule has 0 fully saturated rings. The van der Waals surface area contributed by atoms with Crippen LogP contribution in [0, 0.1) is 0 Å². The molecule has 0 spiro atoms. The average Bonchev–Trinajstić information content (AvgIpc) is 3.20. The molecule has 3 rings (SSSR count). The van der Waals surface area contributed by atoms with Gasteiger partial charge in [0.15, 0.2) is 6.54 Å². The summed E-state index contributed by atoms with van der Waals surface area (Å²) in [5.74, 6) is -0.413. The molecule has 0 saturated carbocycles. The van der Waals surface area contributed by atoms with E-state index in [1.54, 1.807) is 0 Å². The Bertz CT molecular complexity index is 926. The number of carbonyl (C=O) groups is 1. The van der Waals surface area contributed by atoms with Crippen LogP contribution in [0.3, 0.4) is 0 Å². The number of amides is 1. The second-order valence-electron chi connectivity index (χ2n) is 6.26. The number of carbonyl (C=O) groups excluding carboxylic acids is 1. The van der Waals surface area contributed by atoms with Crippen molar-refractivity contribution in [1.82, 2.24) is 14.8 Å². The Morgan fingerprint density at radius 1 is 1.21 bits per heavy atom. The summed E-state index contributed by atoms with van der Waals surface area (Å²) in [6, 6.07) is 12.8. The molecular formula is C19H19F3N5O+. The van der Waals surface area contributed by atoms with Gasteiger partial charge in [-0.1, -0.05) is 30.3 Å². The second kappa shape index (κ2) is 8.22. The SMILES string of the molecule is C[C@@H]([NH2+]CC(=O)Nc1cc(C(F)(F)F)ccc1-n1cncn1)c1ccccc1. The molecule has 0 radical (unpaired) electrons. The van der Waals surface area contributed by atoms with Gasteiger partial charge in [0.25, 0.3) is 5.91 Å². The van der Waals surface area contributed by atoms with Crippen molar-refractivity contribution in [1.29, 1.82) is 0 Å². The molecule has 9 heteroatoms. The van der Waals surface area contributed by atoms with Gasteiger partial charge in [-0.05, 0) is 25.1 Å². The molecular weight excluding hydrogens is 371 g/mol. The molecule has 0 saturated heterocycles. The number of nitrogens with two attached hydrogens (primary N) is 1. The third kappa shape index (κ3) is 4.74. The van der Waals surface area contributed by atoms with Crippen molar-refractivity contribution in [2.24, 2.45) is 0 Å². The summed E-state index contributed by atoms with van der Waals surface area (Å²) in [7, 11) is 0. The number of benzene rings is 2. The lowest BCUT2D eigenvalue weighted by atomic mass is 10.1. The van der Waals surface area contributed by atoms with Gasteiger partial charge in [0.2, 0.25) is 0 Å². The van der Waals surface area contributed by atoms with Gasteiger partial charge in [0.05, 0.1) is 16.9 Å². The van der Waals surface area contributed by atoms with E-state index in [4.69, 9.17) is 0 Å². The molecule has 0 unspecified atom stereocenters. The fourth-order valence-electron chi connectivity index (χ4n) is 2.72. The Morgan fingerprint density at radius 2 is 1.96 bits per heavy atom. The van der Waals surface area contributed by atoms with Gasteiger partial charge in [-0.25, -0.2) is 9.67 Å². The predicted molar refractivity (Wildman–Crippen MR) is 96.6 cm³/mol. The van der Waals surface area contributed by atoms with Gasteiger partial charge in [-0.3, -0.25) is 4.79 Å². The Balaban J connectivity index is 1.75. The molecule has 0 aliphatic carbocycles. The topological polar surface area (TPSA) is 76.4 Å². The van der Waals surface area contributed by atoms with Crippen LogP contribution in [0.25, 0.3) is 5.69 Å². The first-order valence-electron chi connectivity index (χ1n) is 8.59. The fraction of sp³-hybridized carbons (Fsp3) is 0.211. The summed E-state index contributed by atoms with van der Waals surface area (Å²) in [6.45, 7) is 2.01. The molecule has 146 valence electrons. The highest BCUT2D eigenvalue weighted by Gasteiger charge is 2.31. The number of nitrogens with one attached hydrogen (secondary N) is 1. The lowest BCUT2D eigenvalue weighted by molar-refractivity contribution is -0.682. The average molecular weight is 390 g/mol. The van der Waals surface area contributed by atoms with Crippen LogP contribution in [0.15, 0.2) is 61.2 Å². The first-order valence-corrected chi connectivity index (χ1v) is 8.59. The van der Waals surface area contributed by atoms with Crippen LogP contribution < -0.4 is 10.6 Å². The summed E-state index contributed by atoms with van der Waals surface area (Å²) in [5, 5.41) is 8.30. The van der Waals surface area contributed by atoms with Crippen molar-refractivity contribution in [3.8, 4) is 5.69 Å². The number of alkyl halides is 3. The molecule has 1 heterocycles. The monoisotopic (exact) mass is 390 g/mol. The van der Waals surface area contributed by atoms with E-state index >= 15 is 0 Å². The molecule has 2 aromatic carbocycles. The maximum absolute atomic E-state index is 13.1. The van der Waals surface area contributed by atoms with Crippen LogP contribution in [-0.2, 0) is 11.0 Å². The van der Waals surface area contributed by atoms with Gasteiger partial charge in [-0.2, -0.15) is 18.3 Å². The lowest BCUT2D eigenvalue weighted by Gasteiger charge is -2.15. The molecule has 6 nitrogen and oxygen atoms in total. The number of rotatable bonds is 6.